The molecule has 0 radical (unpaired) electrons. The predicted molar refractivity (Wildman–Crippen MR) is 104 cm³/mol. The van der Waals surface area contributed by atoms with E-state index in [2.05, 4.69) is 31.8 Å². The van der Waals surface area contributed by atoms with Crippen LogP contribution in [0, 0.1) is 11.8 Å². The minimum atomic E-state index is 0.0316. The maximum absolute atomic E-state index is 5.89. The molecule has 0 aliphatic rings. The van der Waals surface area contributed by atoms with Crippen molar-refractivity contribution in [3.05, 3.63) is 47.2 Å². The van der Waals surface area contributed by atoms with E-state index in [-0.39, 0.29) is 11.9 Å². The number of nitrogens with two attached hydrogens (primary N) is 2. The molecule has 1 aromatic heterocycles. The Hall–Kier alpha value is -3.20. The van der Waals surface area contributed by atoms with Crippen molar-refractivity contribution in [1.29, 1.82) is 0 Å². The molecule has 1 heterocycles. The van der Waals surface area contributed by atoms with Gasteiger partial charge in [-0.15, -0.1) is 0 Å². The lowest BCUT2D eigenvalue weighted by atomic mass is 10.0. The molecule has 0 fully saturated rings. The van der Waals surface area contributed by atoms with Crippen molar-refractivity contribution in [2.24, 2.45) is 9.98 Å². The van der Waals surface area contributed by atoms with Gasteiger partial charge in [-0.3, -0.25) is 9.98 Å². The average molecular weight is 334 g/mol. The molecule has 1 aromatic carbocycles. The molecule has 0 aliphatic heterocycles. The number of aliphatic imine (C=N–C) groups is 2. The SMILES string of the molecule is CCc1nc(N)nc(N)c1C#CC/N=C/C(/C=N\C)c1ccccc1. The standard InChI is InChI=1S/C19H22N6/c1-3-17-16(18(20)25-19(21)24-17)10-7-11-23-13-15(12-22-2)14-8-5-4-6-9-14/h4-6,8-9,12-13,15H,3,11H2,1-2H3,(H4,20,21,24,25)/b22-12-,23-13+. The van der Waals surface area contributed by atoms with Gasteiger partial charge in [-0.25, -0.2) is 4.98 Å². The van der Waals surface area contributed by atoms with Gasteiger partial charge < -0.3 is 11.5 Å². The van der Waals surface area contributed by atoms with Crippen molar-refractivity contribution in [2.45, 2.75) is 19.3 Å². The summed E-state index contributed by atoms with van der Waals surface area (Å²) in [5.74, 6) is 6.50. The molecule has 0 bridgehead atoms. The third-order valence-electron chi connectivity index (χ3n) is 3.51. The highest BCUT2D eigenvalue weighted by molar-refractivity contribution is 5.90. The largest absolute Gasteiger partial charge is 0.382 e. The van der Waals surface area contributed by atoms with Crippen molar-refractivity contribution in [3.8, 4) is 11.8 Å². The van der Waals surface area contributed by atoms with E-state index < -0.39 is 0 Å². The lowest BCUT2D eigenvalue weighted by molar-refractivity contribution is 1.00. The zero-order valence-electron chi connectivity index (χ0n) is 14.5. The van der Waals surface area contributed by atoms with Crippen LogP contribution in [0.3, 0.4) is 0 Å². The third kappa shape index (κ3) is 5.15. The minimum absolute atomic E-state index is 0.0316. The Morgan fingerprint density at radius 2 is 1.92 bits per heavy atom. The fourth-order valence-corrected chi connectivity index (χ4v) is 2.32. The number of rotatable bonds is 5. The third-order valence-corrected chi connectivity index (χ3v) is 3.51. The first-order chi connectivity index (χ1) is 12.2. The van der Waals surface area contributed by atoms with Gasteiger partial charge in [-0.05, 0) is 12.0 Å². The fourth-order valence-electron chi connectivity index (χ4n) is 2.32. The van der Waals surface area contributed by atoms with Crippen molar-refractivity contribution >= 4 is 24.2 Å². The van der Waals surface area contributed by atoms with Gasteiger partial charge in [0.05, 0.1) is 23.7 Å². The van der Waals surface area contributed by atoms with Gasteiger partial charge in [0.1, 0.15) is 5.82 Å². The molecule has 0 aliphatic carbocycles. The van der Waals surface area contributed by atoms with E-state index in [9.17, 15) is 0 Å². The quantitative estimate of drug-likeness (QED) is 0.645. The second-order valence-corrected chi connectivity index (χ2v) is 5.28. The zero-order chi connectivity index (χ0) is 18.1. The number of benzene rings is 1. The Bertz CT molecular complexity index is 815. The van der Waals surface area contributed by atoms with Gasteiger partial charge in [0.25, 0.3) is 0 Å². The van der Waals surface area contributed by atoms with E-state index in [0.717, 1.165) is 11.3 Å². The molecular weight excluding hydrogens is 312 g/mol. The van der Waals surface area contributed by atoms with Gasteiger partial charge in [0.2, 0.25) is 5.95 Å². The molecule has 25 heavy (non-hydrogen) atoms. The van der Waals surface area contributed by atoms with E-state index in [1.165, 1.54) is 0 Å². The van der Waals surface area contributed by atoms with Crippen LogP contribution >= 0.6 is 0 Å². The Balaban J connectivity index is 2.10. The van der Waals surface area contributed by atoms with Gasteiger partial charge in [-0.1, -0.05) is 49.1 Å². The summed E-state index contributed by atoms with van der Waals surface area (Å²) in [4.78, 5) is 16.6. The molecule has 128 valence electrons. The summed E-state index contributed by atoms with van der Waals surface area (Å²) in [6.45, 7) is 2.33. The van der Waals surface area contributed by atoms with Crippen LogP contribution in [0.15, 0.2) is 40.3 Å². The maximum atomic E-state index is 5.89. The molecule has 6 heteroatoms. The number of aromatic nitrogens is 2. The molecule has 0 spiro atoms. The van der Waals surface area contributed by atoms with Gasteiger partial charge in [0.15, 0.2) is 0 Å². The molecule has 0 amide bonds. The van der Waals surface area contributed by atoms with E-state index in [1.54, 1.807) is 7.05 Å². The second kappa shape index (κ2) is 9.18. The Labute approximate surface area is 148 Å². The highest BCUT2D eigenvalue weighted by atomic mass is 15.0. The molecule has 2 aromatic rings. The first-order valence-corrected chi connectivity index (χ1v) is 8.03. The van der Waals surface area contributed by atoms with Crippen LogP contribution in [0.5, 0.6) is 0 Å². The van der Waals surface area contributed by atoms with E-state index in [1.807, 2.05) is 49.7 Å². The summed E-state index contributed by atoms with van der Waals surface area (Å²) in [7, 11) is 1.75. The molecule has 2 rings (SSSR count). The summed E-state index contributed by atoms with van der Waals surface area (Å²) in [5, 5.41) is 0. The van der Waals surface area contributed by atoms with Crippen LogP contribution in [-0.4, -0.2) is 36.0 Å². The van der Waals surface area contributed by atoms with E-state index in [4.69, 9.17) is 11.5 Å². The number of aryl methyl sites for hydroxylation is 1. The lowest BCUT2D eigenvalue weighted by Gasteiger charge is -2.05. The van der Waals surface area contributed by atoms with Crippen LogP contribution < -0.4 is 11.5 Å². The molecule has 6 nitrogen and oxygen atoms in total. The van der Waals surface area contributed by atoms with Gasteiger partial charge in [-0.2, -0.15) is 4.98 Å². The number of hydrogen-bond donors (Lipinski definition) is 2. The highest BCUT2D eigenvalue weighted by Crippen LogP contribution is 2.14. The Kier molecular flexibility index (Phi) is 6.66. The molecule has 1 unspecified atom stereocenters. The maximum Gasteiger partial charge on any atom is 0.222 e. The second-order valence-electron chi connectivity index (χ2n) is 5.28. The molecule has 0 saturated heterocycles. The average Bonchev–Trinajstić information content (AvgIpc) is 2.62. The van der Waals surface area contributed by atoms with Crippen LogP contribution in [0.4, 0.5) is 11.8 Å². The van der Waals surface area contributed by atoms with Crippen molar-refractivity contribution in [2.75, 3.05) is 25.1 Å². The van der Waals surface area contributed by atoms with E-state index in [0.29, 0.717) is 24.3 Å². The van der Waals surface area contributed by atoms with Crippen molar-refractivity contribution < 1.29 is 0 Å². The fraction of sp³-hybridized carbons (Fsp3) is 0.263. The summed E-state index contributed by atoms with van der Waals surface area (Å²) in [6, 6.07) is 10.1. The van der Waals surface area contributed by atoms with Gasteiger partial charge >= 0.3 is 0 Å². The summed E-state index contributed by atoms with van der Waals surface area (Å²) in [6.07, 6.45) is 4.39. The monoisotopic (exact) mass is 334 g/mol. The number of anilines is 2. The van der Waals surface area contributed by atoms with Crippen molar-refractivity contribution in [1.82, 2.24) is 9.97 Å². The Morgan fingerprint density at radius 3 is 2.60 bits per heavy atom. The number of hydrogen-bond acceptors (Lipinski definition) is 6. The Morgan fingerprint density at radius 1 is 1.16 bits per heavy atom. The predicted octanol–water partition coefficient (Wildman–Crippen LogP) is 2.11. The minimum Gasteiger partial charge on any atom is -0.382 e. The zero-order valence-corrected chi connectivity index (χ0v) is 14.5. The van der Waals surface area contributed by atoms with Crippen LogP contribution in [0.25, 0.3) is 0 Å². The van der Waals surface area contributed by atoms with E-state index >= 15 is 0 Å². The lowest BCUT2D eigenvalue weighted by Crippen LogP contribution is -2.06. The number of nitrogens with zero attached hydrogens (tertiary/aromatic N) is 4. The van der Waals surface area contributed by atoms with Crippen LogP contribution in [0.2, 0.25) is 0 Å². The van der Waals surface area contributed by atoms with Crippen LogP contribution in [-0.2, 0) is 6.42 Å². The van der Waals surface area contributed by atoms with Gasteiger partial charge in [0, 0.05) is 19.5 Å². The summed E-state index contributed by atoms with van der Waals surface area (Å²) < 4.78 is 0. The first kappa shape index (κ1) is 18.1. The topological polar surface area (TPSA) is 103 Å². The van der Waals surface area contributed by atoms with Crippen LogP contribution in [0.1, 0.15) is 29.7 Å². The molecule has 0 saturated carbocycles. The molecule has 1 atom stereocenters. The first-order valence-electron chi connectivity index (χ1n) is 8.03. The molecule has 4 N–H and O–H groups in total. The highest BCUT2D eigenvalue weighted by Gasteiger charge is 2.07. The molecular formula is C19H22N6. The normalized spacial score (nSPS) is 12.2. The smallest absolute Gasteiger partial charge is 0.222 e. The summed E-state index contributed by atoms with van der Waals surface area (Å²) >= 11 is 0. The van der Waals surface area contributed by atoms with Crippen molar-refractivity contribution in [3.63, 3.8) is 0 Å². The summed E-state index contributed by atoms with van der Waals surface area (Å²) in [5.41, 5.74) is 14.0. The number of nitrogen functional groups attached to an aromatic ring is 2.